The van der Waals surface area contributed by atoms with Gasteiger partial charge in [-0.25, -0.2) is 0 Å². The Morgan fingerprint density at radius 1 is 0.667 bits per heavy atom. The topological polar surface area (TPSA) is 0 Å². The lowest BCUT2D eigenvalue weighted by atomic mass is 10.0. The standard InChI is InChI=1S/C32H54Si/c1-5-6-7-8-9-10-11-12-13-14-15-16-17-18-19-20-23-30-28(3)22-21-24-32(30)33-31-26-25-27(2)29(31)4/h21-22,24-25H,5-20,23,26,33H2,1-4H3. The first-order chi connectivity index (χ1) is 16.1. The highest BCUT2D eigenvalue weighted by Crippen LogP contribution is 2.25. The molecule has 0 fully saturated rings. The fourth-order valence-corrected chi connectivity index (χ4v) is 7.65. The number of hydrogen-bond acceptors (Lipinski definition) is 0. The molecule has 0 heterocycles. The summed E-state index contributed by atoms with van der Waals surface area (Å²) < 4.78 is 0. The normalized spacial score (nSPS) is 14.1. The molecule has 1 aromatic rings. The summed E-state index contributed by atoms with van der Waals surface area (Å²) >= 11 is 0. The van der Waals surface area contributed by atoms with Crippen LogP contribution in [-0.2, 0) is 6.42 Å². The SMILES string of the molecule is CCCCCCCCCCCCCCCCCCc1c(C)cccc1[SiH2]C1=C(C)C(C)=CC1. The van der Waals surface area contributed by atoms with Gasteiger partial charge in [0.05, 0.1) is 9.52 Å². The van der Waals surface area contributed by atoms with Crippen LogP contribution in [0.2, 0.25) is 0 Å². The highest BCUT2D eigenvalue weighted by molar-refractivity contribution is 6.62. The predicted octanol–water partition coefficient (Wildman–Crippen LogP) is 9.22. The molecule has 0 bridgehead atoms. The number of allylic oxidation sites excluding steroid dienone is 4. The third-order valence-electron chi connectivity index (χ3n) is 7.97. The third kappa shape index (κ3) is 11.3. The zero-order valence-electron chi connectivity index (χ0n) is 22.7. The van der Waals surface area contributed by atoms with E-state index in [0.29, 0.717) is 0 Å². The Kier molecular flexibility index (Phi) is 14.8. The monoisotopic (exact) mass is 466 g/mol. The second-order valence-electron chi connectivity index (χ2n) is 10.8. The van der Waals surface area contributed by atoms with Crippen molar-refractivity contribution < 1.29 is 0 Å². The average Bonchev–Trinajstić information content (AvgIpc) is 3.12. The number of unbranched alkanes of at least 4 members (excludes halogenated alkanes) is 15. The lowest BCUT2D eigenvalue weighted by molar-refractivity contribution is 0.529. The van der Waals surface area contributed by atoms with Crippen molar-refractivity contribution in [2.75, 3.05) is 0 Å². The lowest BCUT2D eigenvalue weighted by Crippen LogP contribution is -2.22. The molecule has 0 aliphatic heterocycles. The molecule has 1 heteroatoms. The highest BCUT2D eigenvalue weighted by atomic mass is 28.2. The summed E-state index contributed by atoms with van der Waals surface area (Å²) in [6.07, 6.45) is 28.1. The van der Waals surface area contributed by atoms with E-state index in [4.69, 9.17) is 0 Å². The summed E-state index contributed by atoms with van der Waals surface area (Å²) in [5.74, 6) is 0. The highest BCUT2D eigenvalue weighted by Gasteiger charge is 2.14. The van der Waals surface area contributed by atoms with Gasteiger partial charge in [-0.15, -0.1) is 0 Å². The molecule has 0 spiro atoms. The van der Waals surface area contributed by atoms with E-state index in [1.54, 1.807) is 21.5 Å². The predicted molar refractivity (Wildman–Crippen MR) is 154 cm³/mol. The fourth-order valence-electron chi connectivity index (χ4n) is 5.43. The van der Waals surface area contributed by atoms with E-state index >= 15 is 0 Å². The van der Waals surface area contributed by atoms with Gasteiger partial charge >= 0.3 is 0 Å². The molecular weight excluding hydrogens is 412 g/mol. The Labute approximate surface area is 209 Å². The van der Waals surface area contributed by atoms with Crippen molar-refractivity contribution >= 4 is 14.7 Å². The molecule has 0 N–H and O–H groups in total. The molecule has 0 aromatic heterocycles. The van der Waals surface area contributed by atoms with Crippen molar-refractivity contribution in [2.45, 2.75) is 143 Å². The number of benzene rings is 1. The Morgan fingerprint density at radius 2 is 1.18 bits per heavy atom. The molecule has 1 aliphatic rings. The van der Waals surface area contributed by atoms with Gasteiger partial charge in [-0.3, -0.25) is 0 Å². The summed E-state index contributed by atoms with van der Waals surface area (Å²) in [6.45, 7) is 9.26. The van der Waals surface area contributed by atoms with Gasteiger partial charge in [-0.1, -0.05) is 149 Å². The summed E-state index contributed by atoms with van der Waals surface area (Å²) in [7, 11) is -0.304. The minimum absolute atomic E-state index is 0.304. The van der Waals surface area contributed by atoms with Crippen molar-refractivity contribution in [2.24, 2.45) is 0 Å². The summed E-state index contributed by atoms with van der Waals surface area (Å²) in [5.41, 5.74) is 6.34. The average molecular weight is 467 g/mol. The second-order valence-corrected chi connectivity index (χ2v) is 12.7. The molecule has 0 amide bonds. The minimum atomic E-state index is -0.304. The van der Waals surface area contributed by atoms with Crippen LogP contribution in [-0.4, -0.2) is 9.52 Å². The molecule has 1 aliphatic carbocycles. The minimum Gasteiger partial charge on any atom is -0.0777 e. The zero-order chi connectivity index (χ0) is 23.7. The molecule has 2 rings (SSSR count). The van der Waals surface area contributed by atoms with Gasteiger partial charge in [0.25, 0.3) is 0 Å². The van der Waals surface area contributed by atoms with Gasteiger partial charge in [0.2, 0.25) is 0 Å². The van der Waals surface area contributed by atoms with Gasteiger partial charge < -0.3 is 0 Å². The first-order valence-electron chi connectivity index (χ1n) is 14.6. The summed E-state index contributed by atoms with van der Waals surface area (Å²) in [4.78, 5) is 0. The van der Waals surface area contributed by atoms with Crippen LogP contribution in [0.5, 0.6) is 0 Å². The number of hydrogen-bond donors (Lipinski definition) is 0. The van der Waals surface area contributed by atoms with Crippen LogP contribution >= 0.6 is 0 Å². The van der Waals surface area contributed by atoms with Crippen molar-refractivity contribution in [1.29, 1.82) is 0 Å². The fraction of sp³-hybridized carbons (Fsp3) is 0.688. The van der Waals surface area contributed by atoms with Gasteiger partial charge in [-0.05, 0) is 51.2 Å². The second kappa shape index (κ2) is 17.4. The van der Waals surface area contributed by atoms with Crippen LogP contribution < -0.4 is 5.19 Å². The molecule has 0 atom stereocenters. The van der Waals surface area contributed by atoms with Crippen LogP contribution in [0.3, 0.4) is 0 Å². The Bertz CT molecular complexity index is 724. The molecule has 0 saturated carbocycles. The maximum absolute atomic E-state index is 2.44. The molecule has 0 nitrogen and oxygen atoms in total. The van der Waals surface area contributed by atoms with E-state index in [2.05, 4.69) is 52.0 Å². The van der Waals surface area contributed by atoms with E-state index in [1.165, 1.54) is 127 Å². The lowest BCUT2D eigenvalue weighted by Gasteiger charge is -2.14. The maximum atomic E-state index is 2.44. The van der Waals surface area contributed by atoms with Crippen molar-refractivity contribution in [3.8, 4) is 0 Å². The third-order valence-corrected chi connectivity index (χ3v) is 10.3. The molecule has 0 radical (unpaired) electrons. The van der Waals surface area contributed by atoms with Gasteiger partial charge in [0, 0.05) is 0 Å². The summed E-state index contributed by atoms with van der Waals surface area (Å²) in [6, 6.07) is 7.06. The first-order valence-corrected chi connectivity index (χ1v) is 16.0. The quantitative estimate of drug-likeness (QED) is 0.141. The molecular formula is C32H54Si. The van der Waals surface area contributed by atoms with E-state index in [-0.39, 0.29) is 9.52 Å². The van der Waals surface area contributed by atoms with E-state index in [0.717, 1.165) is 0 Å². The van der Waals surface area contributed by atoms with Crippen molar-refractivity contribution in [3.05, 3.63) is 51.7 Å². The number of aryl methyl sites for hydroxylation is 1. The molecule has 1 aromatic carbocycles. The Balaban J connectivity index is 1.50. The Morgan fingerprint density at radius 3 is 1.67 bits per heavy atom. The zero-order valence-corrected chi connectivity index (χ0v) is 24.2. The van der Waals surface area contributed by atoms with Crippen LogP contribution in [0.1, 0.15) is 141 Å². The van der Waals surface area contributed by atoms with Crippen LogP contribution in [0, 0.1) is 6.92 Å². The molecule has 0 unspecified atom stereocenters. The van der Waals surface area contributed by atoms with Crippen LogP contribution in [0.15, 0.2) is 40.6 Å². The van der Waals surface area contributed by atoms with E-state index < -0.39 is 0 Å². The van der Waals surface area contributed by atoms with Crippen molar-refractivity contribution in [3.63, 3.8) is 0 Å². The Hall–Kier alpha value is -1.08. The van der Waals surface area contributed by atoms with E-state index in [9.17, 15) is 0 Å². The smallest absolute Gasteiger partial charge is 0.0777 e. The summed E-state index contributed by atoms with van der Waals surface area (Å²) in [5, 5.41) is 3.49. The molecule has 186 valence electrons. The maximum Gasteiger partial charge on any atom is 0.0835 e. The molecule has 33 heavy (non-hydrogen) atoms. The largest absolute Gasteiger partial charge is 0.0835 e. The van der Waals surface area contributed by atoms with E-state index in [1.807, 2.05) is 0 Å². The van der Waals surface area contributed by atoms with Gasteiger partial charge in [0.15, 0.2) is 0 Å². The van der Waals surface area contributed by atoms with Crippen molar-refractivity contribution in [1.82, 2.24) is 0 Å². The van der Waals surface area contributed by atoms with Gasteiger partial charge in [0.1, 0.15) is 0 Å². The van der Waals surface area contributed by atoms with Crippen LogP contribution in [0.4, 0.5) is 0 Å². The number of rotatable bonds is 19. The van der Waals surface area contributed by atoms with Gasteiger partial charge in [-0.2, -0.15) is 0 Å². The van der Waals surface area contributed by atoms with Crippen LogP contribution in [0.25, 0.3) is 0 Å². The first kappa shape index (κ1) is 28.2. The molecule has 0 saturated heterocycles.